The van der Waals surface area contributed by atoms with Crippen LogP contribution in [0.3, 0.4) is 0 Å². The largest absolute Gasteiger partial charge is 0.330 e. The van der Waals surface area contributed by atoms with E-state index in [9.17, 15) is 0 Å². The summed E-state index contributed by atoms with van der Waals surface area (Å²) in [6.45, 7) is 11.8. The molecule has 1 heteroatoms. The Bertz CT molecular complexity index is 341. The number of hydrogen-bond donors (Lipinski definition) is 1. The van der Waals surface area contributed by atoms with Crippen molar-refractivity contribution in [2.24, 2.45) is 11.7 Å². The van der Waals surface area contributed by atoms with Crippen molar-refractivity contribution in [1.82, 2.24) is 0 Å². The van der Waals surface area contributed by atoms with Gasteiger partial charge < -0.3 is 5.73 Å². The molecular weight excluding hydrogens is 182 g/mol. The smallest absolute Gasteiger partial charge is 0.00728 e. The Hall–Kier alpha value is -0.820. The first-order valence-corrected chi connectivity index (χ1v) is 5.69. The minimum Gasteiger partial charge on any atom is -0.330 e. The van der Waals surface area contributed by atoms with Gasteiger partial charge in [0, 0.05) is 12.0 Å². The zero-order valence-electron chi connectivity index (χ0n) is 10.6. The molecule has 1 atom stereocenters. The minimum absolute atomic E-state index is 0.0950. The van der Waals surface area contributed by atoms with Crippen LogP contribution in [0.1, 0.15) is 37.5 Å². The van der Waals surface area contributed by atoms with Gasteiger partial charge in [-0.2, -0.15) is 0 Å². The Morgan fingerprint density at radius 2 is 1.87 bits per heavy atom. The number of rotatable bonds is 3. The fourth-order valence-electron chi connectivity index (χ4n) is 2.11. The zero-order valence-corrected chi connectivity index (χ0v) is 10.6. The van der Waals surface area contributed by atoms with E-state index in [1.807, 2.05) is 0 Å². The summed E-state index contributed by atoms with van der Waals surface area (Å²) in [4.78, 5) is 0. The average molecular weight is 205 g/mol. The molecule has 0 aromatic heterocycles. The van der Waals surface area contributed by atoms with Gasteiger partial charge in [-0.05, 0) is 30.9 Å². The van der Waals surface area contributed by atoms with Gasteiger partial charge in [-0.1, -0.05) is 44.5 Å². The molecule has 1 aromatic carbocycles. The van der Waals surface area contributed by atoms with Crippen LogP contribution in [0.15, 0.2) is 18.2 Å². The SMILES string of the molecule is Cc1ccc(C(C)(CN)C(C)C)c(C)c1. The first-order valence-electron chi connectivity index (χ1n) is 5.69. The monoisotopic (exact) mass is 205 g/mol. The Morgan fingerprint density at radius 3 is 2.27 bits per heavy atom. The lowest BCUT2D eigenvalue weighted by atomic mass is 9.72. The number of hydrogen-bond acceptors (Lipinski definition) is 1. The van der Waals surface area contributed by atoms with E-state index in [1.54, 1.807) is 0 Å². The molecule has 84 valence electrons. The second-order valence-corrected chi connectivity index (χ2v) is 5.09. The van der Waals surface area contributed by atoms with Gasteiger partial charge in [-0.15, -0.1) is 0 Å². The Morgan fingerprint density at radius 1 is 1.27 bits per heavy atom. The van der Waals surface area contributed by atoms with E-state index in [1.165, 1.54) is 16.7 Å². The van der Waals surface area contributed by atoms with E-state index >= 15 is 0 Å². The van der Waals surface area contributed by atoms with Crippen LogP contribution in [0.25, 0.3) is 0 Å². The van der Waals surface area contributed by atoms with Gasteiger partial charge in [-0.3, -0.25) is 0 Å². The van der Waals surface area contributed by atoms with Crippen LogP contribution in [0.5, 0.6) is 0 Å². The van der Waals surface area contributed by atoms with Crippen molar-refractivity contribution in [3.05, 3.63) is 34.9 Å². The first kappa shape index (κ1) is 12.3. The van der Waals surface area contributed by atoms with E-state index in [0.29, 0.717) is 12.5 Å². The van der Waals surface area contributed by atoms with Crippen molar-refractivity contribution in [2.75, 3.05) is 6.54 Å². The summed E-state index contributed by atoms with van der Waals surface area (Å²) >= 11 is 0. The van der Waals surface area contributed by atoms with Crippen molar-refractivity contribution in [3.63, 3.8) is 0 Å². The molecule has 15 heavy (non-hydrogen) atoms. The van der Waals surface area contributed by atoms with Crippen LogP contribution in [0.2, 0.25) is 0 Å². The van der Waals surface area contributed by atoms with Crippen LogP contribution in [-0.2, 0) is 5.41 Å². The van der Waals surface area contributed by atoms with E-state index in [0.717, 1.165) is 0 Å². The fourth-order valence-corrected chi connectivity index (χ4v) is 2.11. The maximum absolute atomic E-state index is 5.95. The highest BCUT2D eigenvalue weighted by atomic mass is 14.6. The standard InChI is InChI=1S/C14H23N/c1-10(2)14(5,9-15)13-7-6-11(3)8-12(13)4/h6-8,10H,9,15H2,1-5H3. The minimum atomic E-state index is 0.0950. The normalized spacial score (nSPS) is 15.4. The van der Waals surface area contributed by atoms with E-state index in [2.05, 4.69) is 52.8 Å². The predicted octanol–water partition coefficient (Wildman–Crippen LogP) is 3.18. The number of nitrogens with two attached hydrogens (primary N) is 1. The second-order valence-electron chi connectivity index (χ2n) is 5.09. The first-order chi connectivity index (χ1) is 6.91. The van der Waals surface area contributed by atoms with Gasteiger partial charge in [0.1, 0.15) is 0 Å². The van der Waals surface area contributed by atoms with Crippen LogP contribution in [0.4, 0.5) is 0 Å². The molecule has 1 unspecified atom stereocenters. The third-order valence-electron chi connectivity index (χ3n) is 3.70. The van der Waals surface area contributed by atoms with Gasteiger partial charge in [0.25, 0.3) is 0 Å². The molecule has 1 rings (SSSR count). The number of aryl methyl sites for hydroxylation is 2. The Balaban J connectivity index is 3.24. The quantitative estimate of drug-likeness (QED) is 0.806. The highest BCUT2D eigenvalue weighted by Crippen LogP contribution is 2.33. The van der Waals surface area contributed by atoms with Gasteiger partial charge >= 0.3 is 0 Å². The molecular formula is C14H23N. The van der Waals surface area contributed by atoms with Gasteiger partial charge in [-0.25, -0.2) is 0 Å². The van der Waals surface area contributed by atoms with E-state index in [-0.39, 0.29) is 5.41 Å². The van der Waals surface area contributed by atoms with Gasteiger partial charge in [0.05, 0.1) is 0 Å². The molecule has 1 nitrogen and oxygen atoms in total. The molecule has 0 aliphatic rings. The van der Waals surface area contributed by atoms with Crippen molar-refractivity contribution in [2.45, 2.75) is 40.0 Å². The number of benzene rings is 1. The summed E-state index contributed by atoms with van der Waals surface area (Å²) in [5.41, 5.74) is 10.1. The summed E-state index contributed by atoms with van der Waals surface area (Å²) in [5, 5.41) is 0. The molecule has 0 saturated heterocycles. The molecule has 0 aliphatic heterocycles. The third kappa shape index (κ3) is 2.23. The Kier molecular flexibility index (Phi) is 3.56. The maximum Gasteiger partial charge on any atom is 0.00728 e. The molecule has 0 heterocycles. The van der Waals surface area contributed by atoms with Gasteiger partial charge in [0.15, 0.2) is 0 Å². The molecule has 0 bridgehead atoms. The van der Waals surface area contributed by atoms with Crippen molar-refractivity contribution >= 4 is 0 Å². The van der Waals surface area contributed by atoms with Gasteiger partial charge in [0.2, 0.25) is 0 Å². The van der Waals surface area contributed by atoms with E-state index in [4.69, 9.17) is 5.73 Å². The highest BCUT2D eigenvalue weighted by Gasteiger charge is 2.29. The third-order valence-corrected chi connectivity index (χ3v) is 3.70. The molecule has 0 spiro atoms. The highest BCUT2D eigenvalue weighted by molar-refractivity contribution is 5.36. The summed E-state index contributed by atoms with van der Waals surface area (Å²) < 4.78 is 0. The van der Waals surface area contributed by atoms with Crippen LogP contribution >= 0.6 is 0 Å². The maximum atomic E-state index is 5.95. The van der Waals surface area contributed by atoms with Crippen molar-refractivity contribution in [1.29, 1.82) is 0 Å². The average Bonchev–Trinajstić information content (AvgIpc) is 2.16. The Labute approximate surface area is 93.7 Å². The lowest BCUT2D eigenvalue weighted by Crippen LogP contribution is -2.37. The molecule has 1 aromatic rings. The molecule has 0 aliphatic carbocycles. The lowest BCUT2D eigenvalue weighted by molar-refractivity contribution is 0.346. The second kappa shape index (κ2) is 4.36. The zero-order chi connectivity index (χ0) is 11.6. The summed E-state index contributed by atoms with van der Waals surface area (Å²) in [6, 6.07) is 6.65. The van der Waals surface area contributed by atoms with Crippen LogP contribution < -0.4 is 5.73 Å². The van der Waals surface area contributed by atoms with Crippen LogP contribution in [-0.4, -0.2) is 6.54 Å². The predicted molar refractivity (Wildman–Crippen MR) is 67.2 cm³/mol. The molecule has 0 fully saturated rings. The molecule has 2 N–H and O–H groups in total. The summed E-state index contributed by atoms with van der Waals surface area (Å²) in [7, 11) is 0. The molecule has 0 saturated carbocycles. The summed E-state index contributed by atoms with van der Waals surface area (Å²) in [6.07, 6.45) is 0. The molecule has 0 radical (unpaired) electrons. The van der Waals surface area contributed by atoms with E-state index < -0.39 is 0 Å². The lowest BCUT2D eigenvalue weighted by Gasteiger charge is -2.34. The summed E-state index contributed by atoms with van der Waals surface area (Å²) in [5.74, 6) is 0.559. The van der Waals surface area contributed by atoms with Crippen molar-refractivity contribution < 1.29 is 0 Å². The topological polar surface area (TPSA) is 26.0 Å². The fraction of sp³-hybridized carbons (Fsp3) is 0.571. The van der Waals surface area contributed by atoms with Crippen LogP contribution in [0, 0.1) is 19.8 Å². The van der Waals surface area contributed by atoms with Crippen molar-refractivity contribution in [3.8, 4) is 0 Å². The molecule has 0 amide bonds.